The Morgan fingerprint density at radius 1 is 0.559 bits per heavy atom. The molecule has 4 aromatic heterocycles. The van der Waals surface area contributed by atoms with Gasteiger partial charge < -0.3 is 0 Å². The van der Waals surface area contributed by atoms with E-state index in [0.29, 0.717) is 42.8 Å². The molecule has 0 amide bonds. The van der Waals surface area contributed by atoms with Crippen molar-refractivity contribution in [1.82, 2.24) is 0 Å². The fraction of sp³-hybridized carbons (Fsp3) is 0.538. The molecule has 186 valence electrons. The minimum Gasteiger partial charge on any atom is -0.293 e. The van der Waals surface area contributed by atoms with E-state index in [1.54, 1.807) is 0 Å². The maximum atomic E-state index is 14.7. The monoisotopic (exact) mass is 542 g/mol. The van der Waals surface area contributed by atoms with Crippen molar-refractivity contribution in [2.75, 3.05) is 0 Å². The number of ketones is 2. The van der Waals surface area contributed by atoms with E-state index >= 15 is 0 Å². The summed E-state index contributed by atoms with van der Waals surface area (Å²) in [6.45, 7) is 8.51. The molecule has 0 saturated carbocycles. The second-order valence-corrected chi connectivity index (χ2v) is 12.4. The lowest BCUT2D eigenvalue weighted by Gasteiger charge is -1.98. The standard InChI is InChI=1S/C22H22F2O2S4.C4H10/c1-3-5-7-9-11(25)15-13-17-18(28-19(13)21(23)29-15)14-16(12(26)10-8-6-4-2)30-22(24)20(14)27-17;1-3-4-2/h3-10H2,1-2H3;3-4H2,1-2H3. The molecular weight excluding hydrogens is 511 g/mol. The van der Waals surface area contributed by atoms with Crippen molar-refractivity contribution < 1.29 is 18.4 Å². The van der Waals surface area contributed by atoms with Gasteiger partial charge in [0.2, 0.25) is 0 Å². The van der Waals surface area contributed by atoms with E-state index in [-0.39, 0.29) is 21.8 Å². The Balaban J connectivity index is 0.000000751. The minimum absolute atomic E-state index is 0.0470. The average Bonchev–Trinajstić information content (AvgIpc) is 3.54. The lowest BCUT2D eigenvalue weighted by Crippen LogP contribution is -1.96. The lowest BCUT2D eigenvalue weighted by molar-refractivity contribution is 0.0976. The van der Waals surface area contributed by atoms with Gasteiger partial charge >= 0.3 is 0 Å². The van der Waals surface area contributed by atoms with Crippen LogP contribution in [0.4, 0.5) is 8.78 Å². The van der Waals surface area contributed by atoms with E-state index in [1.807, 2.05) is 0 Å². The lowest BCUT2D eigenvalue weighted by atomic mass is 10.1. The smallest absolute Gasteiger partial charge is 0.195 e. The Morgan fingerprint density at radius 2 is 0.941 bits per heavy atom. The fourth-order valence-corrected chi connectivity index (χ4v) is 8.80. The molecular formula is C26H32F2O2S4. The largest absolute Gasteiger partial charge is 0.293 e. The van der Waals surface area contributed by atoms with Crippen LogP contribution in [0.2, 0.25) is 0 Å². The van der Waals surface area contributed by atoms with Crippen molar-refractivity contribution in [2.24, 2.45) is 0 Å². The van der Waals surface area contributed by atoms with Crippen molar-refractivity contribution in [1.29, 1.82) is 0 Å². The van der Waals surface area contributed by atoms with E-state index in [0.717, 1.165) is 70.6 Å². The summed E-state index contributed by atoms with van der Waals surface area (Å²) in [6, 6.07) is 0. The van der Waals surface area contributed by atoms with Gasteiger partial charge in [-0.15, -0.1) is 45.3 Å². The van der Waals surface area contributed by atoms with Crippen molar-refractivity contribution in [3.05, 3.63) is 20.0 Å². The van der Waals surface area contributed by atoms with Gasteiger partial charge in [-0.3, -0.25) is 9.59 Å². The van der Waals surface area contributed by atoms with Gasteiger partial charge in [-0.25, -0.2) is 0 Å². The Morgan fingerprint density at radius 3 is 1.26 bits per heavy atom. The van der Waals surface area contributed by atoms with Gasteiger partial charge in [0.1, 0.15) is 0 Å². The molecule has 0 aliphatic rings. The zero-order valence-electron chi connectivity index (χ0n) is 20.3. The third-order valence-corrected chi connectivity index (χ3v) is 10.6. The van der Waals surface area contributed by atoms with Crippen LogP contribution in [-0.4, -0.2) is 11.6 Å². The van der Waals surface area contributed by atoms with Crippen LogP contribution >= 0.6 is 45.3 Å². The number of Topliss-reactive ketones (excluding diaryl/α,β-unsaturated/α-hetero) is 2. The summed E-state index contributed by atoms with van der Waals surface area (Å²) in [6.07, 6.45) is 8.96. The fourth-order valence-electron chi connectivity index (χ4n) is 3.69. The van der Waals surface area contributed by atoms with Crippen molar-refractivity contribution in [2.45, 2.75) is 91.9 Å². The van der Waals surface area contributed by atoms with Crippen LogP contribution in [0.25, 0.3) is 29.6 Å². The SMILES string of the molecule is CCCC.CCCCCC(=O)c1sc(F)c2sc3c(sc4c(F)sc(C(=O)CCCCC)c43)c12. The third kappa shape index (κ3) is 5.61. The van der Waals surface area contributed by atoms with Crippen molar-refractivity contribution in [3.8, 4) is 0 Å². The zero-order chi connectivity index (χ0) is 24.8. The second kappa shape index (κ2) is 12.7. The van der Waals surface area contributed by atoms with Gasteiger partial charge in [-0.05, 0) is 12.8 Å². The molecule has 4 heterocycles. The highest BCUT2D eigenvalue weighted by molar-refractivity contribution is 7.39. The maximum Gasteiger partial charge on any atom is 0.195 e. The van der Waals surface area contributed by atoms with Crippen LogP contribution in [0, 0.1) is 10.3 Å². The predicted molar refractivity (Wildman–Crippen MR) is 148 cm³/mol. The first-order chi connectivity index (χ1) is 16.4. The first kappa shape index (κ1) is 27.4. The predicted octanol–water partition coefficient (Wildman–Crippen LogP) is 11.0. The van der Waals surface area contributed by atoms with Crippen LogP contribution < -0.4 is 0 Å². The summed E-state index contributed by atoms with van der Waals surface area (Å²) in [5.74, 6) is -0.0939. The average molecular weight is 543 g/mol. The highest BCUT2D eigenvalue weighted by Gasteiger charge is 2.28. The first-order valence-corrected chi connectivity index (χ1v) is 15.5. The summed E-state index contributed by atoms with van der Waals surface area (Å²) in [5.41, 5.74) is 0. The third-order valence-electron chi connectivity index (χ3n) is 5.74. The number of carbonyl (C=O) groups is 2. The second-order valence-electron chi connectivity index (χ2n) is 8.44. The van der Waals surface area contributed by atoms with Crippen LogP contribution in [0.5, 0.6) is 0 Å². The van der Waals surface area contributed by atoms with Gasteiger partial charge in [-0.2, -0.15) is 8.78 Å². The molecule has 0 spiro atoms. The number of unbranched alkanes of at least 4 members (excludes halogenated alkanes) is 5. The number of halogens is 2. The quantitative estimate of drug-likeness (QED) is 0.139. The molecule has 0 atom stereocenters. The number of fused-ring (bicyclic) bond motifs is 5. The molecule has 0 bridgehead atoms. The maximum absolute atomic E-state index is 14.7. The molecule has 0 aliphatic carbocycles. The molecule has 2 nitrogen and oxygen atoms in total. The van der Waals surface area contributed by atoms with E-state index in [2.05, 4.69) is 27.7 Å². The molecule has 0 radical (unpaired) electrons. The Labute approximate surface area is 216 Å². The van der Waals surface area contributed by atoms with Crippen LogP contribution in [0.1, 0.15) is 111 Å². The zero-order valence-corrected chi connectivity index (χ0v) is 23.5. The molecule has 0 saturated heterocycles. The summed E-state index contributed by atoms with van der Waals surface area (Å²) < 4.78 is 31.8. The van der Waals surface area contributed by atoms with E-state index in [4.69, 9.17) is 0 Å². The first-order valence-electron chi connectivity index (χ1n) is 12.2. The molecule has 0 unspecified atom stereocenters. The van der Waals surface area contributed by atoms with Crippen LogP contribution in [-0.2, 0) is 0 Å². The Hall–Kier alpha value is -1.22. The van der Waals surface area contributed by atoms with Crippen LogP contribution in [0.3, 0.4) is 0 Å². The van der Waals surface area contributed by atoms with Gasteiger partial charge in [0.25, 0.3) is 0 Å². The molecule has 4 rings (SSSR count). The van der Waals surface area contributed by atoms with Gasteiger partial charge in [0.15, 0.2) is 21.8 Å². The Kier molecular flexibility index (Phi) is 10.2. The highest BCUT2D eigenvalue weighted by Crippen LogP contribution is 2.52. The minimum atomic E-state index is -0.364. The molecule has 0 aliphatic heterocycles. The molecule has 34 heavy (non-hydrogen) atoms. The van der Waals surface area contributed by atoms with Gasteiger partial charge in [-0.1, -0.05) is 66.2 Å². The van der Waals surface area contributed by atoms with E-state index in [9.17, 15) is 18.4 Å². The number of hydrogen-bond donors (Lipinski definition) is 0. The number of rotatable bonds is 11. The summed E-state index contributed by atoms with van der Waals surface area (Å²) in [7, 11) is 0. The number of hydrogen-bond acceptors (Lipinski definition) is 6. The van der Waals surface area contributed by atoms with Gasteiger partial charge in [0, 0.05) is 23.6 Å². The van der Waals surface area contributed by atoms with Crippen molar-refractivity contribution in [3.63, 3.8) is 0 Å². The normalized spacial score (nSPS) is 11.5. The topological polar surface area (TPSA) is 34.1 Å². The highest BCUT2D eigenvalue weighted by atomic mass is 32.1. The van der Waals surface area contributed by atoms with E-state index < -0.39 is 0 Å². The molecule has 0 aromatic carbocycles. The summed E-state index contributed by atoms with van der Waals surface area (Å²) in [5, 5.41) is 0.511. The number of thiophene rings is 4. The summed E-state index contributed by atoms with van der Waals surface area (Å²) >= 11 is 4.29. The Bertz CT molecular complexity index is 1180. The van der Waals surface area contributed by atoms with Crippen LogP contribution in [0.15, 0.2) is 0 Å². The van der Waals surface area contributed by atoms with E-state index in [1.165, 1.54) is 35.5 Å². The van der Waals surface area contributed by atoms with Gasteiger partial charge in [0.05, 0.1) is 28.6 Å². The molecule has 0 N–H and O–H groups in total. The number of carbonyl (C=O) groups excluding carboxylic acids is 2. The molecule has 0 fully saturated rings. The molecule has 8 heteroatoms. The molecule has 4 aromatic rings. The van der Waals surface area contributed by atoms with Crippen molar-refractivity contribution >= 4 is 86.5 Å². The summed E-state index contributed by atoms with van der Waals surface area (Å²) in [4.78, 5) is 26.4.